The molecule has 1 aromatic heterocycles. The summed E-state index contributed by atoms with van der Waals surface area (Å²) in [4.78, 5) is 16.5. The summed E-state index contributed by atoms with van der Waals surface area (Å²) in [5.41, 5.74) is 0. The summed E-state index contributed by atoms with van der Waals surface area (Å²) in [5, 5.41) is 3.08. The number of hydrogen-bond donors (Lipinski definition) is 1. The van der Waals surface area contributed by atoms with E-state index in [-0.39, 0.29) is 22.8 Å². The molecule has 0 radical (unpaired) electrons. The van der Waals surface area contributed by atoms with Crippen LogP contribution in [0.1, 0.15) is 44.9 Å². The SMILES string of the molecule is O=C(NC1CCCN(S(=O)(=O)c2cccnc2)C1)C1CCCCC1. The lowest BCUT2D eigenvalue weighted by molar-refractivity contribution is -0.126. The number of carbonyl (C=O) groups is 1. The molecule has 1 aliphatic carbocycles. The lowest BCUT2D eigenvalue weighted by Gasteiger charge is -2.33. The number of piperidine rings is 1. The molecule has 1 saturated heterocycles. The lowest BCUT2D eigenvalue weighted by atomic mass is 9.88. The molecular weight excluding hydrogens is 326 g/mol. The van der Waals surface area contributed by atoms with Gasteiger partial charge in [-0.15, -0.1) is 0 Å². The van der Waals surface area contributed by atoms with Crippen molar-refractivity contribution in [3.05, 3.63) is 24.5 Å². The maximum absolute atomic E-state index is 12.7. The minimum atomic E-state index is -3.54. The van der Waals surface area contributed by atoms with Gasteiger partial charge in [-0.3, -0.25) is 9.78 Å². The largest absolute Gasteiger partial charge is 0.352 e. The predicted molar refractivity (Wildman–Crippen MR) is 90.7 cm³/mol. The van der Waals surface area contributed by atoms with Gasteiger partial charge in [-0.05, 0) is 37.8 Å². The molecule has 7 heteroatoms. The van der Waals surface area contributed by atoms with Crippen LogP contribution in [-0.2, 0) is 14.8 Å². The van der Waals surface area contributed by atoms with Crippen molar-refractivity contribution in [3.8, 4) is 0 Å². The van der Waals surface area contributed by atoms with Crippen LogP contribution in [0, 0.1) is 5.92 Å². The fraction of sp³-hybridized carbons (Fsp3) is 0.647. The minimum Gasteiger partial charge on any atom is -0.352 e. The first-order chi connectivity index (χ1) is 11.6. The van der Waals surface area contributed by atoms with E-state index in [1.165, 1.54) is 16.9 Å². The third-order valence-electron chi connectivity index (χ3n) is 4.98. The smallest absolute Gasteiger partial charge is 0.244 e. The Balaban J connectivity index is 1.63. The van der Waals surface area contributed by atoms with E-state index in [1.807, 2.05) is 0 Å². The summed E-state index contributed by atoms with van der Waals surface area (Å²) in [5.74, 6) is 0.199. The fourth-order valence-corrected chi connectivity index (χ4v) is 5.10. The van der Waals surface area contributed by atoms with Gasteiger partial charge in [0.15, 0.2) is 0 Å². The maximum atomic E-state index is 12.7. The van der Waals surface area contributed by atoms with E-state index >= 15 is 0 Å². The number of amides is 1. The van der Waals surface area contributed by atoms with Crippen molar-refractivity contribution >= 4 is 15.9 Å². The maximum Gasteiger partial charge on any atom is 0.244 e. The highest BCUT2D eigenvalue weighted by atomic mass is 32.2. The molecule has 1 aliphatic heterocycles. The number of rotatable bonds is 4. The first-order valence-electron chi connectivity index (χ1n) is 8.78. The molecule has 0 spiro atoms. The molecule has 2 aliphatic rings. The standard InChI is InChI=1S/C17H25N3O3S/c21-17(14-6-2-1-3-7-14)19-15-8-5-11-20(13-15)24(22,23)16-9-4-10-18-12-16/h4,9-10,12,14-15H,1-3,5-8,11,13H2,(H,19,21). The quantitative estimate of drug-likeness (QED) is 0.899. The highest BCUT2D eigenvalue weighted by molar-refractivity contribution is 7.89. The van der Waals surface area contributed by atoms with Gasteiger partial charge in [-0.1, -0.05) is 19.3 Å². The van der Waals surface area contributed by atoms with Gasteiger partial charge in [0.1, 0.15) is 4.90 Å². The van der Waals surface area contributed by atoms with Crippen molar-refractivity contribution in [2.75, 3.05) is 13.1 Å². The second-order valence-corrected chi connectivity index (χ2v) is 8.67. The number of pyridine rings is 1. The molecule has 6 nitrogen and oxygen atoms in total. The molecule has 0 aromatic carbocycles. The van der Waals surface area contributed by atoms with Gasteiger partial charge in [0, 0.05) is 37.4 Å². The summed E-state index contributed by atoms with van der Waals surface area (Å²) >= 11 is 0. The van der Waals surface area contributed by atoms with Crippen molar-refractivity contribution in [2.45, 2.75) is 55.9 Å². The number of sulfonamides is 1. The first kappa shape index (κ1) is 17.4. The molecule has 1 aromatic rings. The molecule has 132 valence electrons. The monoisotopic (exact) mass is 351 g/mol. The fourth-order valence-electron chi connectivity index (χ4n) is 3.61. The van der Waals surface area contributed by atoms with Crippen molar-refractivity contribution in [2.24, 2.45) is 5.92 Å². The Kier molecular flexibility index (Phi) is 5.50. The summed E-state index contributed by atoms with van der Waals surface area (Å²) < 4.78 is 26.9. The van der Waals surface area contributed by atoms with Gasteiger partial charge in [-0.2, -0.15) is 4.31 Å². The zero-order valence-corrected chi connectivity index (χ0v) is 14.7. The van der Waals surface area contributed by atoms with E-state index in [0.717, 1.165) is 38.5 Å². The van der Waals surface area contributed by atoms with Gasteiger partial charge in [0.2, 0.25) is 15.9 Å². The van der Waals surface area contributed by atoms with E-state index in [2.05, 4.69) is 10.3 Å². The third-order valence-corrected chi connectivity index (χ3v) is 6.83. The van der Waals surface area contributed by atoms with Crippen molar-refractivity contribution in [3.63, 3.8) is 0 Å². The van der Waals surface area contributed by atoms with Crippen LogP contribution in [0.3, 0.4) is 0 Å². The lowest BCUT2D eigenvalue weighted by Crippen LogP contribution is -2.50. The van der Waals surface area contributed by atoms with Gasteiger partial charge < -0.3 is 5.32 Å². The molecule has 2 fully saturated rings. The zero-order chi connectivity index (χ0) is 17.0. The van der Waals surface area contributed by atoms with Crippen LogP contribution in [0.2, 0.25) is 0 Å². The molecule has 1 atom stereocenters. The first-order valence-corrected chi connectivity index (χ1v) is 10.2. The second-order valence-electron chi connectivity index (χ2n) is 6.73. The Morgan fingerprint density at radius 2 is 1.96 bits per heavy atom. The van der Waals surface area contributed by atoms with Crippen LogP contribution in [0.4, 0.5) is 0 Å². The van der Waals surface area contributed by atoms with Crippen LogP contribution < -0.4 is 5.32 Å². The topological polar surface area (TPSA) is 79.4 Å². The number of aromatic nitrogens is 1. The van der Waals surface area contributed by atoms with Gasteiger partial charge in [0.25, 0.3) is 0 Å². The molecule has 0 bridgehead atoms. The molecule has 1 saturated carbocycles. The van der Waals surface area contributed by atoms with Gasteiger partial charge >= 0.3 is 0 Å². The van der Waals surface area contributed by atoms with E-state index in [9.17, 15) is 13.2 Å². The van der Waals surface area contributed by atoms with Crippen LogP contribution in [0.25, 0.3) is 0 Å². The summed E-state index contributed by atoms with van der Waals surface area (Å²) in [6, 6.07) is 3.09. The van der Waals surface area contributed by atoms with Gasteiger partial charge in [0.05, 0.1) is 0 Å². The van der Waals surface area contributed by atoms with Crippen molar-refractivity contribution in [1.82, 2.24) is 14.6 Å². The third kappa shape index (κ3) is 3.95. The molecule has 1 amide bonds. The highest BCUT2D eigenvalue weighted by Gasteiger charge is 2.32. The molecule has 1 N–H and O–H groups in total. The van der Waals surface area contributed by atoms with Gasteiger partial charge in [-0.25, -0.2) is 8.42 Å². The molecule has 24 heavy (non-hydrogen) atoms. The average molecular weight is 351 g/mol. The average Bonchev–Trinajstić information content (AvgIpc) is 2.63. The Morgan fingerprint density at radius 1 is 1.17 bits per heavy atom. The van der Waals surface area contributed by atoms with Crippen LogP contribution in [0.15, 0.2) is 29.4 Å². The van der Waals surface area contributed by atoms with E-state index in [4.69, 9.17) is 0 Å². The highest BCUT2D eigenvalue weighted by Crippen LogP contribution is 2.25. The van der Waals surface area contributed by atoms with E-state index in [1.54, 1.807) is 18.3 Å². The number of nitrogens with one attached hydrogen (secondary N) is 1. The summed E-state index contributed by atoms with van der Waals surface area (Å²) in [7, 11) is -3.54. The van der Waals surface area contributed by atoms with E-state index in [0.29, 0.717) is 13.1 Å². The second kappa shape index (κ2) is 7.61. The Hall–Kier alpha value is -1.47. The summed E-state index contributed by atoms with van der Waals surface area (Å²) in [6.45, 7) is 0.836. The summed E-state index contributed by atoms with van der Waals surface area (Å²) in [6.07, 6.45) is 9.87. The Labute approximate surface area is 143 Å². The number of carbonyl (C=O) groups excluding carboxylic acids is 1. The van der Waals surface area contributed by atoms with E-state index < -0.39 is 10.0 Å². The molecule has 3 rings (SSSR count). The van der Waals surface area contributed by atoms with Crippen molar-refractivity contribution in [1.29, 1.82) is 0 Å². The van der Waals surface area contributed by atoms with Crippen LogP contribution in [0.5, 0.6) is 0 Å². The van der Waals surface area contributed by atoms with Crippen molar-refractivity contribution < 1.29 is 13.2 Å². The molecule has 2 heterocycles. The van der Waals surface area contributed by atoms with Crippen LogP contribution in [-0.4, -0.2) is 42.7 Å². The van der Waals surface area contributed by atoms with Crippen LogP contribution >= 0.6 is 0 Å². The molecule has 1 unspecified atom stereocenters. The number of nitrogens with zero attached hydrogens (tertiary/aromatic N) is 2. The number of hydrogen-bond acceptors (Lipinski definition) is 4. The zero-order valence-electron chi connectivity index (χ0n) is 13.9. The Morgan fingerprint density at radius 3 is 2.67 bits per heavy atom. The normalized spacial score (nSPS) is 23.8. The molecular formula is C17H25N3O3S. The predicted octanol–water partition coefficient (Wildman–Crippen LogP) is 1.93. The minimum absolute atomic E-state index is 0.0975. The Bertz CT molecular complexity index is 657.